The molecular weight excluding hydrogens is 528 g/mol. The van der Waals surface area contributed by atoms with Gasteiger partial charge in [-0.25, -0.2) is 13.4 Å². The average molecular weight is 549 g/mol. The molecule has 0 N–H and O–H groups in total. The van der Waals surface area contributed by atoms with Gasteiger partial charge < -0.3 is 4.74 Å². The summed E-state index contributed by atoms with van der Waals surface area (Å²) < 4.78 is 34.8. The molecule has 0 saturated carbocycles. The van der Waals surface area contributed by atoms with Crippen LogP contribution >= 0.6 is 34.3 Å². The normalized spacial score (nSPS) is 16.6. The minimum absolute atomic E-state index is 0.134. The summed E-state index contributed by atoms with van der Waals surface area (Å²) in [4.78, 5) is 24.3. The van der Waals surface area contributed by atoms with E-state index in [0.29, 0.717) is 33.6 Å². The zero-order valence-electron chi connectivity index (χ0n) is 18.6. The van der Waals surface area contributed by atoms with E-state index in [1.165, 1.54) is 21.7 Å². The van der Waals surface area contributed by atoms with Crippen molar-refractivity contribution < 1.29 is 17.9 Å². The van der Waals surface area contributed by atoms with Crippen molar-refractivity contribution in [1.29, 1.82) is 0 Å². The van der Waals surface area contributed by atoms with Crippen molar-refractivity contribution in [3.63, 3.8) is 0 Å². The highest BCUT2D eigenvalue weighted by molar-refractivity contribution is 7.91. The van der Waals surface area contributed by atoms with Crippen LogP contribution in [0.3, 0.4) is 0 Å². The number of anilines is 1. The van der Waals surface area contributed by atoms with Crippen LogP contribution in [0.1, 0.15) is 18.4 Å². The van der Waals surface area contributed by atoms with Crippen molar-refractivity contribution in [3.8, 4) is 5.75 Å². The number of methoxy groups -OCH3 is 1. The van der Waals surface area contributed by atoms with Crippen LogP contribution in [0.4, 0.5) is 5.13 Å². The number of carbonyl (C=O) groups is 1. The van der Waals surface area contributed by atoms with E-state index in [2.05, 4.69) is 4.98 Å². The van der Waals surface area contributed by atoms with Crippen LogP contribution < -0.4 is 9.64 Å². The zero-order valence-corrected chi connectivity index (χ0v) is 21.8. The van der Waals surface area contributed by atoms with Gasteiger partial charge in [-0.2, -0.15) is 4.31 Å². The van der Waals surface area contributed by atoms with Gasteiger partial charge in [0.15, 0.2) is 5.13 Å². The third kappa shape index (κ3) is 4.78. The Labute approximate surface area is 215 Å². The van der Waals surface area contributed by atoms with Gasteiger partial charge in [-0.05, 0) is 54.8 Å². The van der Waals surface area contributed by atoms with E-state index in [4.69, 9.17) is 21.3 Å². The van der Waals surface area contributed by atoms with E-state index in [0.717, 1.165) is 21.6 Å². The lowest BCUT2D eigenvalue weighted by Crippen LogP contribution is -2.47. The van der Waals surface area contributed by atoms with Crippen LogP contribution in [-0.4, -0.2) is 48.3 Å². The number of hydrogen-bond acceptors (Lipinski definition) is 8. The Morgan fingerprint density at radius 3 is 2.71 bits per heavy atom. The molecule has 1 atom stereocenters. The number of thiazole rings is 1. The third-order valence-corrected chi connectivity index (χ3v) is 10.4. The maximum Gasteiger partial charge on any atom is 0.253 e. The fourth-order valence-corrected chi connectivity index (χ4v) is 8.27. The summed E-state index contributed by atoms with van der Waals surface area (Å²) >= 11 is 8.36. The molecular formula is C23H21ClN4O4S3. The first kappa shape index (κ1) is 24.1. The van der Waals surface area contributed by atoms with Gasteiger partial charge in [0.25, 0.3) is 10.0 Å². The van der Waals surface area contributed by atoms with Crippen LogP contribution in [-0.2, 0) is 21.4 Å². The summed E-state index contributed by atoms with van der Waals surface area (Å²) in [5.74, 6) is 0.362. The lowest BCUT2D eigenvalue weighted by atomic mass is 10.2. The summed E-state index contributed by atoms with van der Waals surface area (Å²) in [6, 6.07) is 11.4. The van der Waals surface area contributed by atoms with Crippen molar-refractivity contribution in [3.05, 3.63) is 64.8 Å². The van der Waals surface area contributed by atoms with Gasteiger partial charge in [-0.1, -0.05) is 22.9 Å². The molecule has 0 bridgehead atoms. The van der Waals surface area contributed by atoms with E-state index in [1.807, 2.05) is 30.3 Å². The first-order valence-corrected chi connectivity index (χ1v) is 14.2. The monoisotopic (exact) mass is 548 g/mol. The standard InChI is InChI=1S/C23H21ClN4O4S3/c1-32-16-4-5-19-17(13-16)26-23(33-19)27(14-15-8-10-25-11-9-15)22(29)18-3-2-12-28(18)35(30,31)21-7-6-20(24)34-21/h4-11,13,18H,2-3,12,14H2,1H3. The van der Waals surface area contributed by atoms with Crippen molar-refractivity contribution in [2.75, 3.05) is 18.6 Å². The number of thiophene rings is 1. The molecule has 5 rings (SSSR count). The Bertz CT molecular complexity index is 1470. The van der Waals surface area contributed by atoms with Gasteiger partial charge in [-0.15, -0.1) is 11.3 Å². The highest BCUT2D eigenvalue weighted by Gasteiger charge is 2.42. The number of halogens is 1. The number of ether oxygens (including phenoxy) is 1. The van der Waals surface area contributed by atoms with Gasteiger partial charge in [0.2, 0.25) is 5.91 Å². The van der Waals surface area contributed by atoms with Crippen LogP contribution in [0.5, 0.6) is 5.75 Å². The van der Waals surface area contributed by atoms with Crippen molar-refractivity contribution >= 4 is 65.6 Å². The second-order valence-corrected chi connectivity index (χ2v) is 12.8. The number of hydrogen-bond donors (Lipinski definition) is 0. The van der Waals surface area contributed by atoms with E-state index in [9.17, 15) is 13.2 Å². The van der Waals surface area contributed by atoms with E-state index >= 15 is 0 Å². The molecule has 1 aliphatic heterocycles. The molecule has 4 aromatic rings. The molecule has 3 aromatic heterocycles. The Kier molecular flexibility index (Phi) is 6.78. The summed E-state index contributed by atoms with van der Waals surface area (Å²) in [5, 5.41) is 0.499. The summed E-state index contributed by atoms with van der Waals surface area (Å²) in [6.07, 6.45) is 4.35. The molecule has 4 heterocycles. The molecule has 182 valence electrons. The van der Waals surface area contributed by atoms with Crippen LogP contribution in [0.15, 0.2) is 59.1 Å². The van der Waals surface area contributed by atoms with E-state index < -0.39 is 16.1 Å². The highest BCUT2D eigenvalue weighted by atomic mass is 35.5. The van der Waals surface area contributed by atoms with Crippen LogP contribution in [0, 0.1) is 0 Å². The molecule has 1 saturated heterocycles. The second-order valence-electron chi connectivity index (χ2n) is 7.94. The molecule has 35 heavy (non-hydrogen) atoms. The molecule has 1 unspecified atom stereocenters. The summed E-state index contributed by atoms with van der Waals surface area (Å²) in [6.45, 7) is 0.516. The first-order chi connectivity index (χ1) is 16.9. The molecule has 0 aliphatic carbocycles. The van der Waals surface area contributed by atoms with Gasteiger partial charge in [0.1, 0.15) is 16.0 Å². The minimum Gasteiger partial charge on any atom is -0.497 e. The Morgan fingerprint density at radius 1 is 1.20 bits per heavy atom. The molecule has 1 aliphatic rings. The largest absolute Gasteiger partial charge is 0.497 e. The first-order valence-electron chi connectivity index (χ1n) is 10.8. The number of fused-ring (bicyclic) bond motifs is 1. The van der Waals surface area contributed by atoms with E-state index in [1.54, 1.807) is 30.5 Å². The quantitative estimate of drug-likeness (QED) is 0.329. The Morgan fingerprint density at radius 2 is 2.00 bits per heavy atom. The Hall–Kier alpha value is -2.57. The number of aromatic nitrogens is 2. The van der Waals surface area contributed by atoms with Crippen LogP contribution in [0.25, 0.3) is 10.2 Å². The fraction of sp³-hybridized carbons (Fsp3) is 0.261. The van der Waals surface area contributed by atoms with E-state index in [-0.39, 0.29) is 23.2 Å². The predicted molar refractivity (Wildman–Crippen MR) is 138 cm³/mol. The molecule has 0 radical (unpaired) electrons. The number of carbonyl (C=O) groups excluding carboxylic acids is 1. The minimum atomic E-state index is -3.86. The zero-order chi connectivity index (χ0) is 24.6. The molecule has 1 fully saturated rings. The third-order valence-electron chi connectivity index (χ3n) is 5.77. The number of sulfonamides is 1. The van der Waals surface area contributed by atoms with Gasteiger partial charge in [0.05, 0.1) is 28.2 Å². The topological polar surface area (TPSA) is 92.7 Å². The number of benzene rings is 1. The lowest BCUT2D eigenvalue weighted by Gasteiger charge is -2.28. The number of pyridine rings is 1. The molecule has 1 aromatic carbocycles. The van der Waals surface area contributed by atoms with Gasteiger partial charge in [0, 0.05) is 25.0 Å². The summed E-state index contributed by atoms with van der Waals surface area (Å²) in [5.41, 5.74) is 1.57. The predicted octanol–water partition coefficient (Wildman–Crippen LogP) is 4.80. The molecule has 8 nitrogen and oxygen atoms in total. The van der Waals surface area contributed by atoms with Gasteiger partial charge in [-0.3, -0.25) is 14.7 Å². The SMILES string of the molecule is COc1ccc2sc(N(Cc3ccncc3)C(=O)C3CCCN3S(=O)(=O)c3ccc(Cl)s3)nc2c1. The average Bonchev–Trinajstić information content (AvgIpc) is 3.61. The van der Waals surface area contributed by atoms with Crippen LogP contribution in [0.2, 0.25) is 4.34 Å². The number of rotatable bonds is 7. The number of amides is 1. The van der Waals surface area contributed by atoms with Crippen molar-refractivity contribution in [1.82, 2.24) is 14.3 Å². The lowest BCUT2D eigenvalue weighted by molar-refractivity contribution is -0.121. The smallest absolute Gasteiger partial charge is 0.253 e. The molecule has 0 spiro atoms. The maximum absolute atomic E-state index is 14.0. The molecule has 12 heteroatoms. The molecule has 1 amide bonds. The summed E-state index contributed by atoms with van der Waals surface area (Å²) in [7, 11) is -2.27. The maximum atomic E-state index is 14.0. The highest BCUT2D eigenvalue weighted by Crippen LogP contribution is 2.36. The number of nitrogens with zero attached hydrogens (tertiary/aromatic N) is 4. The van der Waals surface area contributed by atoms with Gasteiger partial charge >= 0.3 is 0 Å². The second kappa shape index (κ2) is 9.82. The Balaban J connectivity index is 1.52. The fourth-order valence-electron chi connectivity index (χ4n) is 4.05. The van der Waals surface area contributed by atoms with Crippen molar-refractivity contribution in [2.24, 2.45) is 0 Å². The van der Waals surface area contributed by atoms with Crippen molar-refractivity contribution in [2.45, 2.75) is 29.6 Å².